The van der Waals surface area contributed by atoms with E-state index in [1.54, 1.807) is 12.1 Å². The van der Waals surface area contributed by atoms with Crippen molar-refractivity contribution in [1.29, 1.82) is 0 Å². The summed E-state index contributed by atoms with van der Waals surface area (Å²) in [6.45, 7) is 3.45. The van der Waals surface area contributed by atoms with E-state index in [-0.39, 0.29) is 11.8 Å². The summed E-state index contributed by atoms with van der Waals surface area (Å²) in [5.74, 6) is 1.71. The van der Waals surface area contributed by atoms with Gasteiger partial charge >= 0.3 is 0 Å². The first-order valence-corrected chi connectivity index (χ1v) is 10.4. The first-order valence-electron chi connectivity index (χ1n) is 9.99. The van der Waals surface area contributed by atoms with E-state index in [1.165, 1.54) is 0 Å². The Labute approximate surface area is 179 Å². The van der Waals surface area contributed by atoms with Gasteiger partial charge in [0.25, 0.3) is 0 Å². The van der Waals surface area contributed by atoms with Gasteiger partial charge < -0.3 is 20.2 Å². The van der Waals surface area contributed by atoms with Gasteiger partial charge in [0.05, 0.1) is 5.69 Å². The van der Waals surface area contributed by atoms with E-state index < -0.39 is 0 Å². The van der Waals surface area contributed by atoms with E-state index in [1.807, 2.05) is 49.4 Å². The Bertz CT molecular complexity index is 1220. The van der Waals surface area contributed by atoms with Crippen LogP contribution in [0, 0.1) is 6.92 Å². The number of fused-ring (bicyclic) bond motifs is 1. The molecule has 1 aliphatic heterocycles. The number of anilines is 1. The van der Waals surface area contributed by atoms with Crippen molar-refractivity contribution in [2.24, 2.45) is 5.73 Å². The number of nitrogens with zero attached hydrogens (tertiary/aromatic N) is 2. The SMILES string of the molecule is Cc1cc(O)c(-c2cc(-c3cc4ccccc4o3)cc(N3CCC(N)C3)n2)cc1Cl. The lowest BCUT2D eigenvalue weighted by molar-refractivity contribution is 0.476. The van der Waals surface area contributed by atoms with Gasteiger partial charge in [-0.05, 0) is 55.3 Å². The fourth-order valence-electron chi connectivity index (χ4n) is 3.95. The van der Waals surface area contributed by atoms with Crippen molar-refractivity contribution >= 4 is 28.4 Å². The lowest BCUT2D eigenvalue weighted by atomic mass is 10.0. The number of para-hydroxylation sites is 1. The Morgan fingerprint density at radius 1 is 1.17 bits per heavy atom. The molecule has 5 rings (SSSR count). The van der Waals surface area contributed by atoms with Crippen molar-refractivity contribution in [2.45, 2.75) is 19.4 Å². The van der Waals surface area contributed by atoms with Crippen molar-refractivity contribution in [3.63, 3.8) is 0 Å². The van der Waals surface area contributed by atoms with E-state index in [0.717, 1.165) is 53.2 Å². The second-order valence-electron chi connectivity index (χ2n) is 7.86. The predicted octanol–water partition coefficient (Wildman–Crippen LogP) is 5.37. The highest BCUT2D eigenvalue weighted by Gasteiger charge is 2.23. The fourth-order valence-corrected chi connectivity index (χ4v) is 4.11. The number of hydrogen-bond donors (Lipinski definition) is 2. The van der Waals surface area contributed by atoms with Gasteiger partial charge in [-0.2, -0.15) is 0 Å². The van der Waals surface area contributed by atoms with Crippen LogP contribution in [-0.4, -0.2) is 29.2 Å². The van der Waals surface area contributed by atoms with Crippen LogP contribution in [0.15, 0.2) is 59.0 Å². The van der Waals surface area contributed by atoms with Crippen LogP contribution < -0.4 is 10.6 Å². The first-order chi connectivity index (χ1) is 14.5. The minimum absolute atomic E-state index is 0.132. The molecule has 1 aliphatic rings. The van der Waals surface area contributed by atoms with Gasteiger partial charge in [-0.25, -0.2) is 4.98 Å². The topological polar surface area (TPSA) is 75.5 Å². The number of phenols is 1. The normalized spacial score (nSPS) is 16.5. The molecule has 3 N–H and O–H groups in total. The Morgan fingerprint density at radius 2 is 2.00 bits per heavy atom. The van der Waals surface area contributed by atoms with Gasteiger partial charge in [-0.1, -0.05) is 29.8 Å². The first kappa shape index (κ1) is 19.0. The highest BCUT2D eigenvalue weighted by Crippen LogP contribution is 2.38. The van der Waals surface area contributed by atoms with Crippen molar-refractivity contribution in [1.82, 2.24) is 4.98 Å². The number of aromatic nitrogens is 1. The van der Waals surface area contributed by atoms with Crippen LogP contribution in [0.2, 0.25) is 5.02 Å². The number of rotatable bonds is 3. The van der Waals surface area contributed by atoms with Crippen LogP contribution in [0.5, 0.6) is 5.75 Å². The number of phenolic OH excluding ortho intramolecular Hbond substituents is 1. The Hall–Kier alpha value is -3.02. The number of benzene rings is 2. The zero-order valence-electron chi connectivity index (χ0n) is 16.6. The van der Waals surface area contributed by atoms with Crippen LogP contribution in [-0.2, 0) is 0 Å². The van der Waals surface area contributed by atoms with E-state index in [4.69, 9.17) is 26.7 Å². The fraction of sp³-hybridized carbons (Fsp3) is 0.208. The summed E-state index contributed by atoms with van der Waals surface area (Å²) in [6, 6.07) is 17.4. The van der Waals surface area contributed by atoms with Gasteiger partial charge in [-0.3, -0.25) is 0 Å². The molecule has 1 saturated heterocycles. The van der Waals surface area contributed by atoms with Gasteiger partial charge in [-0.15, -0.1) is 0 Å². The third-order valence-corrected chi connectivity index (χ3v) is 6.03. The van der Waals surface area contributed by atoms with Crippen molar-refractivity contribution < 1.29 is 9.52 Å². The number of halogens is 1. The summed E-state index contributed by atoms with van der Waals surface area (Å²) >= 11 is 6.35. The predicted molar refractivity (Wildman–Crippen MR) is 121 cm³/mol. The minimum atomic E-state index is 0.132. The number of aryl methyl sites for hydroxylation is 1. The molecule has 0 saturated carbocycles. The van der Waals surface area contributed by atoms with E-state index in [0.29, 0.717) is 16.3 Å². The molecule has 2 aromatic carbocycles. The summed E-state index contributed by atoms with van der Waals surface area (Å²) in [5, 5.41) is 12.2. The largest absolute Gasteiger partial charge is 0.507 e. The van der Waals surface area contributed by atoms with Crippen LogP contribution >= 0.6 is 11.6 Å². The number of hydrogen-bond acceptors (Lipinski definition) is 5. The second kappa shape index (κ2) is 7.35. The standard InChI is InChI=1S/C24H22ClN3O2/c1-14-8-21(29)18(12-19(14)25)20-9-16(11-24(27-20)28-7-6-17(26)13-28)23-10-15-4-2-3-5-22(15)30-23/h2-5,8-12,17,29H,6-7,13,26H2,1H3. The zero-order chi connectivity index (χ0) is 20.8. The molecule has 3 heterocycles. The van der Waals surface area contributed by atoms with Gasteiger partial charge in [0.2, 0.25) is 0 Å². The number of nitrogens with two attached hydrogens (primary N) is 1. The maximum atomic E-state index is 10.6. The molecule has 0 bridgehead atoms. The Balaban J connectivity index is 1.68. The van der Waals surface area contributed by atoms with E-state index >= 15 is 0 Å². The Kier molecular flexibility index (Phi) is 4.65. The quantitative estimate of drug-likeness (QED) is 0.467. The average molecular weight is 420 g/mol. The zero-order valence-corrected chi connectivity index (χ0v) is 17.4. The van der Waals surface area contributed by atoms with Crippen LogP contribution in [0.25, 0.3) is 33.6 Å². The molecular weight excluding hydrogens is 398 g/mol. The third kappa shape index (κ3) is 3.40. The number of furan rings is 1. The van der Waals surface area contributed by atoms with Crippen LogP contribution in [0.4, 0.5) is 5.82 Å². The minimum Gasteiger partial charge on any atom is -0.507 e. The number of aromatic hydroxyl groups is 1. The van der Waals surface area contributed by atoms with E-state index in [2.05, 4.69) is 4.90 Å². The van der Waals surface area contributed by atoms with Gasteiger partial charge in [0, 0.05) is 40.7 Å². The average Bonchev–Trinajstić information content (AvgIpc) is 3.36. The van der Waals surface area contributed by atoms with Crippen molar-refractivity contribution in [3.05, 3.63) is 65.2 Å². The molecular formula is C24H22ClN3O2. The maximum Gasteiger partial charge on any atom is 0.135 e. The van der Waals surface area contributed by atoms with Crippen molar-refractivity contribution in [2.75, 3.05) is 18.0 Å². The number of pyridine rings is 1. The van der Waals surface area contributed by atoms with Crippen LogP contribution in [0.1, 0.15) is 12.0 Å². The Morgan fingerprint density at radius 3 is 2.77 bits per heavy atom. The molecule has 2 aromatic heterocycles. The summed E-state index contributed by atoms with van der Waals surface area (Å²) in [4.78, 5) is 7.01. The lowest BCUT2D eigenvalue weighted by Gasteiger charge is -2.19. The third-order valence-electron chi connectivity index (χ3n) is 5.62. The molecule has 5 nitrogen and oxygen atoms in total. The molecule has 1 atom stereocenters. The summed E-state index contributed by atoms with van der Waals surface area (Å²) in [7, 11) is 0. The summed E-state index contributed by atoms with van der Waals surface area (Å²) in [5.41, 5.74) is 9.90. The van der Waals surface area contributed by atoms with Crippen molar-refractivity contribution in [3.8, 4) is 28.3 Å². The highest BCUT2D eigenvalue weighted by molar-refractivity contribution is 6.31. The van der Waals surface area contributed by atoms with Gasteiger partial charge in [0.1, 0.15) is 22.9 Å². The van der Waals surface area contributed by atoms with E-state index in [9.17, 15) is 5.11 Å². The van der Waals surface area contributed by atoms with Gasteiger partial charge in [0.15, 0.2) is 0 Å². The summed E-state index contributed by atoms with van der Waals surface area (Å²) < 4.78 is 6.10. The maximum absolute atomic E-state index is 10.6. The smallest absolute Gasteiger partial charge is 0.135 e. The molecule has 152 valence electrons. The molecule has 4 aromatic rings. The summed E-state index contributed by atoms with van der Waals surface area (Å²) in [6.07, 6.45) is 0.924. The molecule has 30 heavy (non-hydrogen) atoms. The molecule has 6 heteroatoms. The van der Waals surface area contributed by atoms with Crippen LogP contribution in [0.3, 0.4) is 0 Å². The molecule has 0 radical (unpaired) electrons. The second-order valence-corrected chi connectivity index (χ2v) is 8.27. The molecule has 1 unspecified atom stereocenters. The molecule has 0 spiro atoms. The lowest BCUT2D eigenvalue weighted by Crippen LogP contribution is -2.26. The highest BCUT2D eigenvalue weighted by atomic mass is 35.5. The molecule has 1 fully saturated rings. The molecule has 0 amide bonds. The molecule has 0 aliphatic carbocycles. The monoisotopic (exact) mass is 419 g/mol.